The Morgan fingerprint density at radius 2 is 1.79 bits per heavy atom. The first kappa shape index (κ1) is 29.4. The molecule has 7 nitrogen and oxygen atoms in total. The van der Waals surface area contributed by atoms with Gasteiger partial charge in [0.1, 0.15) is 5.75 Å². The van der Waals surface area contributed by atoms with Gasteiger partial charge in [-0.3, -0.25) is 0 Å². The van der Waals surface area contributed by atoms with Gasteiger partial charge in [0.05, 0.1) is 13.2 Å². The van der Waals surface area contributed by atoms with Crippen LogP contribution in [0.3, 0.4) is 0 Å². The van der Waals surface area contributed by atoms with Crippen LogP contribution in [0.4, 0.5) is 4.79 Å². The molecule has 1 aromatic rings. The number of carbonyl (C=O) groups is 1. The summed E-state index contributed by atoms with van der Waals surface area (Å²) in [5.74, 6) is 0.917. The molecule has 4 N–H and O–H groups in total. The Bertz CT molecular complexity index is 457. The highest BCUT2D eigenvalue weighted by atomic mass is 16.5. The molecule has 0 saturated carbocycles. The quantitative estimate of drug-likeness (QED) is 0.594. The number of hydrogen-bond acceptors (Lipinski definition) is 5. The number of rotatable bonds is 2. The highest BCUT2D eigenvalue weighted by Gasteiger charge is 2.08. The zero-order valence-corrected chi connectivity index (χ0v) is 19.2. The van der Waals surface area contributed by atoms with E-state index in [0.29, 0.717) is 6.54 Å². The van der Waals surface area contributed by atoms with Crippen LogP contribution in [-0.2, 0) is 0 Å². The van der Waals surface area contributed by atoms with E-state index in [1.54, 1.807) is 14.0 Å². The molecule has 1 unspecified atom stereocenters. The maximum absolute atomic E-state index is 9.49. The number of benzene rings is 1. The lowest BCUT2D eigenvalue weighted by atomic mass is 10.2. The third kappa shape index (κ3) is 20.7. The molecule has 0 radical (unpaired) electrons. The van der Waals surface area contributed by atoms with Crippen LogP contribution in [0.15, 0.2) is 24.3 Å². The van der Waals surface area contributed by atoms with Gasteiger partial charge < -0.3 is 30.5 Å². The Morgan fingerprint density at radius 1 is 1.24 bits per heavy atom. The number of methoxy groups -OCH3 is 1. The largest absolute Gasteiger partial charge is 0.497 e. The van der Waals surface area contributed by atoms with Crippen molar-refractivity contribution in [2.45, 2.75) is 53.1 Å². The molecule has 2 aliphatic heterocycles. The first-order chi connectivity index (χ1) is 13.9. The molecule has 2 fully saturated rings. The number of hydrogen-bond donors (Lipinski definition) is 4. The zero-order chi connectivity index (χ0) is 22.5. The van der Waals surface area contributed by atoms with Gasteiger partial charge in [0.2, 0.25) is 0 Å². The average molecular weight is 414 g/mol. The smallest absolute Gasteiger partial charge is 0.404 e. The van der Waals surface area contributed by atoms with Crippen molar-refractivity contribution >= 4 is 6.09 Å². The Balaban J connectivity index is 0. The van der Waals surface area contributed by atoms with Crippen molar-refractivity contribution in [1.82, 2.24) is 15.5 Å². The maximum atomic E-state index is 9.49. The van der Waals surface area contributed by atoms with E-state index in [9.17, 15) is 4.79 Å². The maximum Gasteiger partial charge on any atom is 0.404 e. The van der Waals surface area contributed by atoms with Crippen LogP contribution in [0.2, 0.25) is 0 Å². The Kier molecular flexibility index (Phi) is 21.2. The number of likely N-dealkylation sites (tertiary alicyclic amines) is 1. The first-order valence-corrected chi connectivity index (χ1v) is 10.5. The van der Waals surface area contributed by atoms with E-state index in [4.69, 9.17) is 14.9 Å². The summed E-state index contributed by atoms with van der Waals surface area (Å²) in [6, 6.07) is 7.96. The molecule has 0 aliphatic carbocycles. The van der Waals surface area contributed by atoms with E-state index >= 15 is 0 Å². The first-order valence-electron chi connectivity index (χ1n) is 10.5. The van der Waals surface area contributed by atoms with Gasteiger partial charge >= 0.3 is 6.09 Å². The zero-order valence-electron chi connectivity index (χ0n) is 19.2. The molecule has 29 heavy (non-hydrogen) atoms. The van der Waals surface area contributed by atoms with Crippen molar-refractivity contribution in [3.8, 4) is 5.75 Å². The molecule has 2 aliphatic rings. The molecule has 0 bridgehead atoms. The third-order valence-electron chi connectivity index (χ3n) is 3.95. The molecule has 1 amide bonds. The molecule has 3 rings (SSSR count). The lowest BCUT2D eigenvalue weighted by Gasteiger charge is -2.01. The van der Waals surface area contributed by atoms with Gasteiger partial charge in [0.15, 0.2) is 0 Å². The van der Waals surface area contributed by atoms with Crippen LogP contribution >= 0.6 is 0 Å². The molecule has 170 valence electrons. The fourth-order valence-corrected chi connectivity index (χ4v) is 2.34. The van der Waals surface area contributed by atoms with Gasteiger partial charge in [-0.2, -0.15) is 0 Å². The lowest BCUT2D eigenvalue weighted by Crippen LogP contribution is -2.19. The monoisotopic (exact) mass is 413 g/mol. The number of β-amino-alcohol motifs (C(OH)–C–C–N with tert-alkyl or cyclic N) is 1. The molecule has 0 spiro atoms. The van der Waals surface area contributed by atoms with Gasteiger partial charge in [-0.05, 0) is 71.9 Å². The van der Waals surface area contributed by atoms with E-state index in [2.05, 4.69) is 29.5 Å². The summed E-state index contributed by atoms with van der Waals surface area (Å²) < 4.78 is 4.97. The van der Waals surface area contributed by atoms with Crippen molar-refractivity contribution in [3.05, 3.63) is 29.8 Å². The van der Waals surface area contributed by atoms with E-state index < -0.39 is 6.09 Å². The number of aliphatic hydroxyl groups is 1. The molecular formula is C22H43N3O4. The summed E-state index contributed by atoms with van der Waals surface area (Å²) in [6.45, 7) is 12.7. The predicted octanol–water partition coefficient (Wildman–Crippen LogP) is 3.36. The average Bonchev–Trinajstić information content (AvgIpc) is 3.39. The topological polar surface area (TPSA) is 94.1 Å². The molecule has 1 aromatic carbocycles. The van der Waals surface area contributed by atoms with E-state index in [0.717, 1.165) is 25.3 Å². The molecule has 2 heterocycles. The van der Waals surface area contributed by atoms with E-state index in [1.165, 1.54) is 31.5 Å². The van der Waals surface area contributed by atoms with Crippen LogP contribution in [0, 0.1) is 6.92 Å². The minimum Gasteiger partial charge on any atom is -0.497 e. The number of carboxylic acid groups (broad SMARTS) is 1. The van der Waals surface area contributed by atoms with Crippen LogP contribution in [0.25, 0.3) is 0 Å². The van der Waals surface area contributed by atoms with Crippen molar-refractivity contribution in [2.75, 3.05) is 46.9 Å². The molecule has 1 atom stereocenters. The third-order valence-corrected chi connectivity index (χ3v) is 3.95. The summed E-state index contributed by atoms with van der Waals surface area (Å²) in [5.41, 5.74) is 1.26. The van der Waals surface area contributed by atoms with Gasteiger partial charge in [-0.25, -0.2) is 4.79 Å². The second-order valence-electron chi connectivity index (χ2n) is 6.51. The number of ether oxygens (including phenoxy) is 1. The Labute approximate surface area is 177 Å². The van der Waals surface area contributed by atoms with Crippen molar-refractivity contribution in [1.29, 1.82) is 0 Å². The molecular weight excluding hydrogens is 370 g/mol. The molecule has 0 aromatic heterocycles. The summed E-state index contributed by atoms with van der Waals surface area (Å²) in [5, 5.41) is 21.6. The summed E-state index contributed by atoms with van der Waals surface area (Å²) in [6.07, 6.45) is 2.73. The Hall–Kier alpha value is -1.83. The highest BCUT2D eigenvalue weighted by molar-refractivity contribution is 5.64. The van der Waals surface area contributed by atoms with Crippen LogP contribution in [0.1, 0.15) is 45.6 Å². The summed E-state index contributed by atoms with van der Waals surface area (Å²) in [7, 11) is 3.84. The predicted molar refractivity (Wildman–Crippen MR) is 121 cm³/mol. The van der Waals surface area contributed by atoms with Crippen molar-refractivity contribution in [3.63, 3.8) is 0 Å². The minimum absolute atomic E-state index is 0.0648. The van der Waals surface area contributed by atoms with Crippen molar-refractivity contribution in [2.24, 2.45) is 0 Å². The van der Waals surface area contributed by atoms with Gasteiger partial charge in [-0.1, -0.05) is 31.5 Å². The van der Waals surface area contributed by atoms with Gasteiger partial charge in [0, 0.05) is 13.1 Å². The lowest BCUT2D eigenvalue weighted by molar-refractivity contribution is 0.195. The number of aliphatic hydroxyl groups excluding tert-OH is 1. The van der Waals surface area contributed by atoms with E-state index in [-0.39, 0.29) is 6.10 Å². The fraction of sp³-hybridized carbons (Fsp3) is 0.682. The number of amides is 1. The second kappa shape index (κ2) is 20.9. The fourth-order valence-electron chi connectivity index (χ4n) is 2.34. The Morgan fingerprint density at radius 3 is 2.00 bits per heavy atom. The normalized spacial score (nSPS) is 17.0. The van der Waals surface area contributed by atoms with Crippen molar-refractivity contribution < 1.29 is 19.7 Å². The van der Waals surface area contributed by atoms with Gasteiger partial charge in [0.25, 0.3) is 0 Å². The SMILES string of the molecule is CC.CCNC(=O)O.CN1CCCC1.COc1ccc(C)cc1.OC1CCNC1. The minimum atomic E-state index is -0.961. The number of aryl methyl sites for hydroxylation is 1. The summed E-state index contributed by atoms with van der Waals surface area (Å²) >= 11 is 0. The van der Waals surface area contributed by atoms with Crippen LogP contribution in [-0.4, -0.2) is 74.2 Å². The number of nitrogens with one attached hydrogen (secondary N) is 2. The van der Waals surface area contributed by atoms with Gasteiger partial charge in [-0.15, -0.1) is 0 Å². The standard InChI is InChI=1S/C8H10O.C5H11N.C4H9NO.C3H7NO2.C2H6/c1-7-3-5-8(9-2)6-4-7;1-6-4-2-3-5-6;6-4-1-2-5-3-4;1-2-4-3(5)6;1-2/h3-6H,1-2H3;2-5H2,1H3;4-6H,1-3H2;4H,2H2,1H3,(H,5,6);1-2H3. The highest BCUT2D eigenvalue weighted by Crippen LogP contribution is 2.09. The van der Waals surface area contributed by atoms with Crippen LogP contribution in [0.5, 0.6) is 5.75 Å². The molecule has 7 heteroatoms. The van der Waals surface area contributed by atoms with Crippen LogP contribution < -0.4 is 15.4 Å². The summed E-state index contributed by atoms with van der Waals surface area (Å²) in [4.78, 5) is 11.8. The second-order valence-corrected chi connectivity index (χ2v) is 6.51. The molecule has 2 saturated heterocycles. The number of nitrogens with zero attached hydrogens (tertiary/aromatic N) is 1. The van der Waals surface area contributed by atoms with E-state index in [1.807, 2.05) is 38.1 Å².